The van der Waals surface area contributed by atoms with E-state index in [0.717, 1.165) is 5.92 Å². The van der Waals surface area contributed by atoms with Gasteiger partial charge < -0.3 is 5.73 Å². The second kappa shape index (κ2) is 4.00. The van der Waals surface area contributed by atoms with Gasteiger partial charge in [0, 0.05) is 6.04 Å². The van der Waals surface area contributed by atoms with Crippen molar-refractivity contribution in [3.63, 3.8) is 0 Å². The van der Waals surface area contributed by atoms with Gasteiger partial charge >= 0.3 is 0 Å². The van der Waals surface area contributed by atoms with E-state index in [1.54, 1.807) is 0 Å². The largest absolute Gasteiger partial charge is 0.327 e. The summed E-state index contributed by atoms with van der Waals surface area (Å²) in [5, 5.41) is 0. The lowest BCUT2D eigenvalue weighted by Crippen LogP contribution is -2.38. The van der Waals surface area contributed by atoms with E-state index >= 15 is 0 Å². The van der Waals surface area contributed by atoms with Gasteiger partial charge in [-0.15, -0.1) is 0 Å². The van der Waals surface area contributed by atoms with Crippen molar-refractivity contribution in [1.82, 2.24) is 0 Å². The van der Waals surface area contributed by atoms with E-state index in [9.17, 15) is 0 Å². The third-order valence-corrected chi connectivity index (χ3v) is 3.70. The third kappa shape index (κ3) is 2.98. The van der Waals surface area contributed by atoms with Crippen LogP contribution in [0.2, 0.25) is 0 Å². The fourth-order valence-corrected chi connectivity index (χ4v) is 2.35. The first-order valence-electron chi connectivity index (χ1n) is 5.68. The molecule has 1 heteroatoms. The minimum Gasteiger partial charge on any atom is -0.327 e. The molecule has 0 heterocycles. The molecular weight excluding hydrogens is 158 g/mol. The van der Waals surface area contributed by atoms with Gasteiger partial charge in [0.05, 0.1) is 0 Å². The Morgan fingerprint density at radius 2 is 1.62 bits per heavy atom. The van der Waals surface area contributed by atoms with Crippen LogP contribution in [0, 0.1) is 17.3 Å². The van der Waals surface area contributed by atoms with Gasteiger partial charge in [-0.3, -0.25) is 0 Å². The van der Waals surface area contributed by atoms with Crippen LogP contribution in [-0.4, -0.2) is 6.04 Å². The maximum Gasteiger partial charge on any atom is 0.00903 e. The molecule has 1 aliphatic carbocycles. The summed E-state index contributed by atoms with van der Waals surface area (Å²) in [6.45, 7) is 9.24. The molecule has 78 valence electrons. The van der Waals surface area contributed by atoms with E-state index in [0.29, 0.717) is 17.4 Å². The lowest BCUT2D eigenvalue weighted by atomic mass is 9.70. The van der Waals surface area contributed by atoms with Gasteiger partial charge in [0.25, 0.3) is 0 Å². The Balaban J connectivity index is 2.41. The molecule has 1 unspecified atom stereocenters. The SMILES string of the molecule is CC(C)C(N)C1CCC(C)(C)CC1. The Bertz CT molecular complexity index is 151. The van der Waals surface area contributed by atoms with Crippen molar-refractivity contribution in [2.75, 3.05) is 0 Å². The molecule has 0 aromatic carbocycles. The van der Waals surface area contributed by atoms with Gasteiger partial charge in [0.1, 0.15) is 0 Å². The predicted molar refractivity (Wildman–Crippen MR) is 58.6 cm³/mol. The Labute approximate surface area is 83.1 Å². The van der Waals surface area contributed by atoms with E-state index in [-0.39, 0.29) is 0 Å². The number of rotatable bonds is 2. The summed E-state index contributed by atoms with van der Waals surface area (Å²) in [6.07, 6.45) is 5.40. The van der Waals surface area contributed by atoms with Crippen molar-refractivity contribution in [1.29, 1.82) is 0 Å². The van der Waals surface area contributed by atoms with E-state index in [1.165, 1.54) is 25.7 Å². The molecule has 2 N–H and O–H groups in total. The summed E-state index contributed by atoms with van der Waals surface area (Å²) < 4.78 is 0. The lowest BCUT2D eigenvalue weighted by molar-refractivity contribution is 0.159. The van der Waals surface area contributed by atoms with E-state index < -0.39 is 0 Å². The van der Waals surface area contributed by atoms with Crippen molar-refractivity contribution in [2.24, 2.45) is 23.0 Å². The van der Waals surface area contributed by atoms with Gasteiger partial charge in [-0.1, -0.05) is 27.7 Å². The molecule has 1 saturated carbocycles. The van der Waals surface area contributed by atoms with E-state index in [1.807, 2.05) is 0 Å². The first-order chi connectivity index (χ1) is 5.92. The maximum absolute atomic E-state index is 6.18. The smallest absolute Gasteiger partial charge is 0.00903 e. The number of hydrogen-bond donors (Lipinski definition) is 1. The summed E-state index contributed by atoms with van der Waals surface area (Å²) in [5.41, 5.74) is 6.76. The fourth-order valence-electron chi connectivity index (χ4n) is 2.35. The van der Waals surface area contributed by atoms with Crippen LogP contribution in [0.3, 0.4) is 0 Å². The molecule has 0 amide bonds. The first-order valence-corrected chi connectivity index (χ1v) is 5.68. The fraction of sp³-hybridized carbons (Fsp3) is 1.00. The highest BCUT2D eigenvalue weighted by Gasteiger charge is 2.30. The molecule has 1 nitrogen and oxygen atoms in total. The Morgan fingerprint density at radius 1 is 1.15 bits per heavy atom. The Kier molecular flexibility index (Phi) is 3.39. The van der Waals surface area contributed by atoms with Crippen LogP contribution < -0.4 is 5.73 Å². The van der Waals surface area contributed by atoms with E-state index in [4.69, 9.17) is 5.73 Å². The van der Waals surface area contributed by atoms with Crippen LogP contribution in [0.5, 0.6) is 0 Å². The van der Waals surface area contributed by atoms with Crippen LogP contribution in [0.4, 0.5) is 0 Å². The highest BCUT2D eigenvalue weighted by molar-refractivity contribution is 4.84. The zero-order valence-electron chi connectivity index (χ0n) is 9.64. The van der Waals surface area contributed by atoms with Gasteiger partial charge in [0.15, 0.2) is 0 Å². The van der Waals surface area contributed by atoms with E-state index in [2.05, 4.69) is 27.7 Å². The third-order valence-electron chi connectivity index (χ3n) is 3.70. The molecule has 0 aromatic heterocycles. The van der Waals surface area contributed by atoms with Crippen molar-refractivity contribution in [3.05, 3.63) is 0 Å². The van der Waals surface area contributed by atoms with Gasteiger partial charge in [-0.2, -0.15) is 0 Å². The molecule has 1 rings (SSSR count). The predicted octanol–water partition coefficient (Wildman–Crippen LogP) is 3.19. The zero-order valence-corrected chi connectivity index (χ0v) is 9.64. The van der Waals surface area contributed by atoms with Crippen molar-refractivity contribution in [3.8, 4) is 0 Å². The molecule has 0 aromatic rings. The topological polar surface area (TPSA) is 26.0 Å². The first kappa shape index (κ1) is 11.0. The van der Waals surface area contributed by atoms with Gasteiger partial charge in [-0.25, -0.2) is 0 Å². The molecule has 0 saturated heterocycles. The summed E-state index contributed by atoms with van der Waals surface area (Å²) in [5.74, 6) is 1.43. The zero-order chi connectivity index (χ0) is 10.1. The van der Waals surface area contributed by atoms with Gasteiger partial charge in [-0.05, 0) is 42.9 Å². The Morgan fingerprint density at radius 3 is 2.00 bits per heavy atom. The Hall–Kier alpha value is -0.0400. The second-order valence-electron chi connectivity index (χ2n) is 5.82. The quantitative estimate of drug-likeness (QED) is 0.699. The van der Waals surface area contributed by atoms with Gasteiger partial charge in [0.2, 0.25) is 0 Å². The standard InChI is InChI=1S/C12H25N/c1-9(2)11(13)10-5-7-12(3,4)8-6-10/h9-11H,5-8,13H2,1-4H3. The van der Waals surface area contributed by atoms with Crippen LogP contribution in [0.15, 0.2) is 0 Å². The molecule has 0 bridgehead atoms. The van der Waals surface area contributed by atoms with Crippen LogP contribution in [-0.2, 0) is 0 Å². The second-order valence-corrected chi connectivity index (χ2v) is 5.82. The highest BCUT2D eigenvalue weighted by Crippen LogP contribution is 2.39. The van der Waals surface area contributed by atoms with Crippen LogP contribution in [0.25, 0.3) is 0 Å². The van der Waals surface area contributed by atoms with Crippen molar-refractivity contribution in [2.45, 2.75) is 59.4 Å². The number of nitrogens with two attached hydrogens (primary N) is 1. The molecule has 1 atom stereocenters. The molecular formula is C12H25N. The molecule has 1 aliphatic rings. The van der Waals surface area contributed by atoms with Crippen LogP contribution >= 0.6 is 0 Å². The molecule has 0 aliphatic heterocycles. The number of hydrogen-bond acceptors (Lipinski definition) is 1. The summed E-state index contributed by atoms with van der Waals surface area (Å²) in [7, 11) is 0. The van der Waals surface area contributed by atoms with Crippen molar-refractivity contribution >= 4 is 0 Å². The van der Waals surface area contributed by atoms with Crippen molar-refractivity contribution < 1.29 is 0 Å². The lowest BCUT2D eigenvalue weighted by Gasteiger charge is -2.38. The average molecular weight is 183 g/mol. The summed E-state index contributed by atoms with van der Waals surface area (Å²) in [6, 6.07) is 0.427. The molecule has 1 fully saturated rings. The minimum absolute atomic E-state index is 0.427. The monoisotopic (exact) mass is 183 g/mol. The average Bonchev–Trinajstić information content (AvgIpc) is 2.03. The molecule has 0 radical (unpaired) electrons. The maximum atomic E-state index is 6.18. The normalized spacial score (nSPS) is 26.3. The summed E-state index contributed by atoms with van der Waals surface area (Å²) in [4.78, 5) is 0. The van der Waals surface area contributed by atoms with Crippen LogP contribution in [0.1, 0.15) is 53.4 Å². The highest BCUT2D eigenvalue weighted by atomic mass is 14.7. The molecule has 0 spiro atoms. The molecule has 13 heavy (non-hydrogen) atoms. The summed E-state index contributed by atoms with van der Waals surface area (Å²) >= 11 is 0. The minimum atomic E-state index is 0.427.